The van der Waals surface area contributed by atoms with E-state index in [0.717, 1.165) is 19.0 Å². The fourth-order valence-electron chi connectivity index (χ4n) is 1.35. The topological polar surface area (TPSA) is 29.3 Å². The monoisotopic (exact) mass is 200 g/mol. The SMILES string of the molecule is CCC(C)CN(C)CCC(C)(C)CN. The normalized spacial score (nSPS) is 14.8. The van der Waals surface area contributed by atoms with Gasteiger partial charge >= 0.3 is 0 Å². The van der Waals surface area contributed by atoms with Crippen LogP contribution >= 0.6 is 0 Å². The molecule has 0 saturated heterocycles. The van der Waals surface area contributed by atoms with Crippen LogP contribution in [0.15, 0.2) is 0 Å². The van der Waals surface area contributed by atoms with Crippen molar-refractivity contribution in [3.8, 4) is 0 Å². The summed E-state index contributed by atoms with van der Waals surface area (Å²) in [6, 6.07) is 0. The summed E-state index contributed by atoms with van der Waals surface area (Å²) in [5, 5.41) is 0. The van der Waals surface area contributed by atoms with E-state index in [1.165, 1.54) is 19.4 Å². The van der Waals surface area contributed by atoms with E-state index in [9.17, 15) is 0 Å². The Bertz CT molecular complexity index is 143. The summed E-state index contributed by atoms with van der Waals surface area (Å²) in [6.45, 7) is 12.2. The van der Waals surface area contributed by atoms with Crippen LogP contribution in [0.2, 0.25) is 0 Å². The lowest BCUT2D eigenvalue weighted by molar-refractivity contribution is 0.230. The van der Waals surface area contributed by atoms with Crippen LogP contribution < -0.4 is 5.73 Å². The number of rotatable bonds is 7. The highest BCUT2D eigenvalue weighted by molar-refractivity contribution is 4.71. The van der Waals surface area contributed by atoms with Gasteiger partial charge in [0.25, 0.3) is 0 Å². The minimum Gasteiger partial charge on any atom is -0.330 e. The fourth-order valence-corrected chi connectivity index (χ4v) is 1.35. The van der Waals surface area contributed by atoms with E-state index in [4.69, 9.17) is 5.73 Å². The Morgan fingerprint density at radius 2 is 1.93 bits per heavy atom. The van der Waals surface area contributed by atoms with Crippen molar-refractivity contribution in [3.63, 3.8) is 0 Å². The van der Waals surface area contributed by atoms with Gasteiger partial charge in [-0.1, -0.05) is 34.1 Å². The van der Waals surface area contributed by atoms with Crippen molar-refractivity contribution in [1.29, 1.82) is 0 Å². The van der Waals surface area contributed by atoms with E-state index < -0.39 is 0 Å². The second kappa shape index (κ2) is 6.41. The smallest absolute Gasteiger partial charge is 0.000387 e. The van der Waals surface area contributed by atoms with Crippen molar-refractivity contribution in [1.82, 2.24) is 4.90 Å². The van der Waals surface area contributed by atoms with Crippen LogP contribution in [0, 0.1) is 11.3 Å². The maximum atomic E-state index is 5.70. The molecule has 1 unspecified atom stereocenters. The molecule has 1 atom stereocenters. The fraction of sp³-hybridized carbons (Fsp3) is 1.00. The predicted octanol–water partition coefficient (Wildman–Crippen LogP) is 2.34. The van der Waals surface area contributed by atoms with E-state index in [0.29, 0.717) is 5.41 Å². The third-order valence-corrected chi connectivity index (χ3v) is 3.04. The van der Waals surface area contributed by atoms with E-state index in [1.54, 1.807) is 0 Å². The first-order valence-corrected chi connectivity index (χ1v) is 5.80. The summed E-state index contributed by atoms with van der Waals surface area (Å²) in [7, 11) is 2.21. The van der Waals surface area contributed by atoms with E-state index in [-0.39, 0.29) is 0 Å². The van der Waals surface area contributed by atoms with Crippen LogP contribution in [0.3, 0.4) is 0 Å². The van der Waals surface area contributed by atoms with Gasteiger partial charge in [0.1, 0.15) is 0 Å². The molecule has 0 aliphatic carbocycles. The van der Waals surface area contributed by atoms with Crippen molar-refractivity contribution in [3.05, 3.63) is 0 Å². The van der Waals surface area contributed by atoms with Crippen molar-refractivity contribution in [2.24, 2.45) is 17.1 Å². The molecule has 0 spiro atoms. The summed E-state index contributed by atoms with van der Waals surface area (Å²) in [6.07, 6.45) is 2.46. The summed E-state index contributed by atoms with van der Waals surface area (Å²) < 4.78 is 0. The predicted molar refractivity (Wildman–Crippen MR) is 64.4 cm³/mol. The molecule has 0 saturated carbocycles. The molecule has 0 radical (unpaired) electrons. The molecule has 0 aromatic rings. The molecule has 2 heteroatoms. The van der Waals surface area contributed by atoms with Gasteiger partial charge in [0.05, 0.1) is 0 Å². The van der Waals surface area contributed by atoms with Crippen molar-refractivity contribution < 1.29 is 0 Å². The van der Waals surface area contributed by atoms with Gasteiger partial charge < -0.3 is 10.6 Å². The highest BCUT2D eigenvalue weighted by Crippen LogP contribution is 2.18. The Labute approximate surface area is 89.9 Å². The van der Waals surface area contributed by atoms with Crippen molar-refractivity contribution >= 4 is 0 Å². The van der Waals surface area contributed by atoms with Gasteiger partial charge in [0.2, 0.25) is 0 Å². The summed E-state index contributed by atoms with van der Waals surface area (Å²) in [5.41, 5.74) is 6.00. The summed E-state index contributed by atoms with van der Waals surface area (Å²) >= 11 is 0. The average molecular weight is 200 g/mol. The third-order valence-electron chi connectivity index (χ3n) is 3.04. The number of hydrogen-bond donors (Lipinski definition) is 1. The Balaban J connectivity index is 3.68. The second-order valence-corrected chi connectivity index (χ2v) is 5.39. The van der Waals surface area contributed by atoms with Gasteiger partial charge in [-0.05, 0) is 37.9 Å². The summed E-state index contributed by atoms with van der Waals surface area (Å²) in [5.74, 6) is 0.806. The molecule has 0 bridgehead atoms. The van der Waals surface area contributed by atoms with Gasteiger partial charge in [-0.3, -0.25) is 0 Å². The summed E-state index contributed by atoms with van der Waals surface area (Å²) in [4.78, 5) is 2.42. The number of nitrogens with zero attached hydrogens (tertiary/aromatic N) is 1. The first-order valence-electron chi connectivity index (χ1n) is 5.80. The van der Waals surface area contributed by atoms with Crippen molar-refractivity contribution in [2.45, 2.75) is 40.5 Å². The largest absolute Gasteiger partial charge is 0.330 e. The van der Waals surface area contributed by atoms with E-state index in [2.05, 4.69) is 39.6 Å². The van der Waals surface area contributed by atoms with Crippen LogP contribution in [0.4, 0.5) is 0 Å². The lowest BCUT2D eigenvalue weighted by Crippen LogP contribution is -2.31. The third kappa shape index (κ3) is 6.39. The van der Waals surface area contributed by atoms with E-state index >= 15 is 0 Å². The van der Waals surface area contributed by atoms with Crippen LogP contribution in [0.25, 0.3) is 0 Å². The lowest BCUT2D eigenvalue weighted by Gasteiger charge is -2.27. The standard InChI is InChI=1S/C12H28N2/c1-6-11(2)9-14(5)8-7-12(3,4)10-13/h11H,6-10,13H2,1-5H3. The Hall–Kier alpha value is -0.0800. The molecule has 0 heterocycles. The van der Waals surface area contributed by atoms with Crippen LogP contribution in [-0.2, 0) is 0 Å². The molecule has 0 aromatic heterocycles. The number of nitrogens with two attached hydrogens (primary N) is 1. The zero-order valence-electron chi connectivity index (χ0n) is 10.6. The van der Waals surface area contributed by atoms with E-state index in [1.807, 2.05) is 0 Å². The molecule has 0 aliphatic heterocycles. The van der Waals surface area contributed by atoms with Crippen molar-refractivity contribution in [2.75, 3.05) is 26.7 Å². The lowest BCUT2D eigenvalue weighted by atomic mass is 9.89. The highest BCUT2D eigenvalue weighted by Gasteiger charge is 2.16. The van der Waals surface area contributed by atoms with Crippen LogP contribution in [0.5, 0.6) is 0 Å². The molecule has 86 valence electrons. The Morgan fingerprint density at radius 1 is 1.36 bits per heavy atom. The zero-order chi connectivity index (χ0) is 11.2. The molecule has 0 amide bonds. The second-order valence-electron chi connectivity index (χ2n) is 5.39. The molecule has 2 nitrogen and oxygen atoms in total. The molecule has 14 heavy (non-hydrogen) atoms. The minimum atomic E-state index is 0.295. The quantitative estimate of drug-likeness (QED) is 0.683. The molecule has 0 rings (SSSR count). The molecule has 0 aromatic carbocycles. The molecule has 0 fully saturated rings. The van der Waals surface area contributed by atoms with Crippen LogP contribution in [-0.4, -0.2) is 31.6 Å². The van der Waals surface area contributed by atoms with Gasteiger partial charge in [0.15, 0.2) is 0 Å². The number of hydrogen-bond acceptors (Lipinski definition) is 2. The molecular weight excluding hydrogens is 172 g/mol. The average Bonchev–Trinajstić information content (AvgIpc) is 2.15. The van der Waals surface area contributed by atoms with Gasteiger partial charge in [-0.2, -0.15) is 0 Å². The first-order chi connectivity index (χ1) is 6.41. The minimum absolute atomic E-state index is 0.295. The van der Waals surface area contributed by atoms with Gasteiger partial charge in [0, 0.05) is 6.54 Å². The van der Waals surface area contributed by atoms with Gasteiger partial charge in [-0.15, -0.1) is 0 Å². The molecule has 2 N–H and O–H groups in total. The zero-order valence-corrected chi connectivity index (χ0v) is 10.6. The maximum Gasteiger partial charge on any atom is 0.000387 e. The molecule has 0 aliphatic rings. The maximum absolute atomic E-state index is 5.70. The highest BCUT2D eigenvalue weighted by atomic mass is 15.1. The Kier molecular flexibility index (Phi) is 6.38. The Morgan fingerprint density at radius 3 is 2.36 bits per heavy atom. The first kappa shape index (κ1) is 13.9. The van der Waals surface area contributed by atoms with Gasteiger partial charge in [-0.25, -0.2) is 0 Å². The molecular formula is C12H28N2. The van der Waals surface area contributed by atoms with Crippen LogP contribution in [0.1, 0.15) is 40.5 Å².